The molecule has 0 aromatic heterocycles. The van der Waals surface area contributed by atoms with Gasteiger partial charge < -0.3 is 9.64 Å². The number of carbonyl (C=O) groups excluding carboxylic acids is 3. The van der Waals surface area contributed by atoms with Crippen molar-refractivity contribution in [3.63, 3.8) is 0 Å². The molecule has 6 unspecified atom stereocenters. The minimum Gasteiger partial charge on any atom is -0.380 e. The van der Waals surface area contributed by atoms with Crippen LogP contribution >= 0.6 is 0 Å². The molecule has 2 aliphatic heterocycles. The van der Waals surface area contributed by atoms with Crippen LogP contribution in [-0.4, -0.2) is 48.7 Å². The van der Waals surface area contributed by atoms with Crippen LogP contribution in [0.2, 0.25) is 0 Å². The zero-order valence-electron chi connectivity index (χ0n) is 24.9. The Bertz CT molecular complexity index is 1320. The first-order valence-electron chi connectivity index (χ1n) is 15.5. The van der Waals surface area contributed by atoms with Crippen LogP contribution in [0.5, 0.6) is 0 Å². The second kappa shape index (κ2) is 7.97. The van der Waals surface area contributed by atoms with Gasteiger partial charge in [0.15, 0.2) is 11.6 Å². The molecule has 0 radical (unpaired) electrons. The summed E-state index contributed by atoms with van der Waals surface area (Å²) in [7, 11) is 0. The summed E-state index contributed by atoms with van der Waals surface area (Å²) in [5, 5.41) is 9.73. The zero-order chi connectivity index (χ0) is 28.5. The van der Waals surface area contributed by atoms with Crippen molar-refractivity contribution in [2.45, 2.75) is 86.0 Å². The number of fused-ring (bicyclic) bond motifs is 7. The molecule has 6 nitrogen and oxygen atoms in total. The maximum atomic E-state index is 14.5. The third-order valence-electron chi connectivity index (χ3n) is 13.7. The Morgan fingerprint density at radius 3 is 2.38 bits per heavy atom. The summed E-state index contributed by atoms with van der Waals surface area (Å²) in [4.78, 5) is 43.7. The number of hydrogen-bond acceptors (Lipinski definition) is 5. The molecule has 0 aromatic rings. The maximum Gasteiger partial charge on any atom is 0.229 e. The lowest BCUT2D eigenvalue weighted by Crippen LogP contribution is -2.71. The van der Waals surface area contributed by atoms with E-state index in [1.807, 2.05) is 12.2 Å². The summed E-state index contributed by atoms with van der Waals surface area (Å²) >= 11 is 0. The molecule has 7 rings (SSSR count). The molecular weight excluding hydrogens is 500 g/mol. The molecule has 2 heterocycles. The number of ether oxygens (including phenoxy) is 1. The molecule has 1 spiro atoms. The van der Waals surface area contributed by atoms with Crippen molar-refractivity contribution >= 4 is 17.5 Å². The largest absolute Gasteiger partial charge is 0.380 e. The van der Waals surface area contributed by atoms with E-state index in [0.717, 1.165) is 76.8 Å². The van der Waals surface area contributed by atoms with E-state index >= 15 is 0 Å². The van der Waals surface area contributed by atoms with Gasteiger partial charge in [-0.15, -0.1) is 0 Å². The maximum absolute atomic E-state index is 14.5. The van der Waals surface area contributed by atoms with E-state index in [4.69, 9.17) is 4.74 Å². The molecule has 6 heteroatoms. The molecule has 7 aliphatic rings. The highest BCUT2D eigenvalue weighted by Gasteiger charge is 2.70. The number of nitrogens with zero attached hydrogens (tertiary/aromatic N) is 2. The van der Waals surface area contributed by atoms with Gasteiger partial charge in [0.05, 0.1) is 29.6 Å². The molecule has 0 bridgehead atoms. The summed E-state index contributed by atoms with van der Waals surface area (Å²) in [6.07, 6.45) is 10.6. The summed E-state index contributed by atoms with van der Waals surface area (Å²) in [6, 6.07) is 2.15. The van der Waals surface area contributed by atoms with Gasteiger partial charge in [0, 0.05) is 30.8 Å². The Hall–Kier alpha value is -2.26. The van der Waals surface area contributed by atoms with Crippen molar-refractivity contribution in [2.75, 3.05) is 26.3 Å². The van der Waals surface area contributed by atoms with Crippen LogP contribution in [0.15, 0.2) is 23.3 Å². The minimum absolute atomic E-state index is 0.0301. The van der Waals surface area contributed by atoms with Gasteiger partial charge in [0.25, 0.3) is 0 Å². The fraction of sp³-hybridized carbons (Fsp3) is 0.765. The van der Waals surface area contributed by atoms with E-state index in [-0.39, 0.29) is 56.6 Å². The number of carbonyl (C=O) groups is 3. The first-order valence-corrected chi connectivity index (χ1v) is 15.5. The van der Waals surface area contributed by atoms with Crippen molar-refractivity contribution < 1.29 is 19.1 Å². The van der Waals surface area contributed by atoms with Crippen LogP contribution in [-0.2, 0) is 19.1 Å². The number of allylic oxidation sites excluding steroid dienone is 4. The Balaban J connectivity index is 1.31. The predicted molar refractivity (Wildman–Crippen MR) is 150 cm³/mol. The average Bonchev–Trinajstić information content (AvgIpc) is 2.83. The van der Waals surface area contributed by atoms with Crippen LogP contribution in [0.4, 0.5) is 0 Å². The molecule has 214 valence electrons. The molecule has 0 aromatic carbocycles. The number of hydrogen-bond donors (Lipinski definition) is 0. The fourth-order valence-corrected chi connectivity index (χ4v) is 10.9. The first-order chi connectivity index (χ1) is 18.7. The Kier molecular flexibility index (Phi) is 5.30. The van der Waals surface area contributed by atoms with Crippen LogP contribution < -0.4 is 0 Å². The van der Waals surface area contributed by atoms with Gasteiger partial charge in [-0.3, -0.25) is 14.4 Å². The van der Waals surface area contributed by atoms with Gasteiger partial charge in [-0.05, 0) is 79.1 Å². The third kappa shape index (κ3) is 3.17. The number of Topliss-reactive ketones (excluding diaryl/α,β-unsaturated/α-hetero) is 1. The smallest absolute Gasteiger partial charge is 0.229 e. The minimum atomic E-state index is -0.470. The van der Waals surface area contributed by atoms with Gasteiger partial charge in [-0.25, -0.2) is 0 Å². The highest BCUT2D eigenvalue weighted by atomic mass is 16.5. The van der Waals surface area contributed by atoms with Crippen LogP contribution in [0.25, 0.3) is 0 Å². The monoisotopic (exact) mass is 544 g/mol. The first kappa shape index (κ1) is 26.6. The standard InChI is InChI=1S/C34H44N2O4/c1-29(2)8-10-34(28(39)36-17-33(18-36)19-40-20-33)11-9-32(5)27(23(34)15-29)25(38)13-26-30(3)14-21(16-35)24(37)12-22(30)6-7-31(26,32)4/h13-14,22-23,27H,6-12,15,17-20H2,1-5H3/t22?,23?,27?,30?,31?,32?,34-/m0/s1. The lowest BCUT2D eigenvalue weighted by atomic mass is 9.35. The molecule has 1 amide bonds. The fourth-order valence-electron chi connectivity index (χ4n) is 10.9. The van der Waals surface area contributed by atoms with Crippen molar-refractivity contribution in [1.29, 1.82) is 5.26 Å². The third-order valence-corrected chi connectivity index (χ3v) is 13.7. The van der Waals surface area contributed by atoms with Gasteiger partial charge in [0.2, 0.25) is 5.91 Å². The Morgan fingerprint density at radius 1 is 1.02 bits per heavy atom. The summed E-state index contributed by atoms with van der Waals surface area (Å²) in [6.45, 7) is 14.6. The summed E-state index contributed by atoms with van der Waals surface area (Å²) in [5.74, 6) is 0.368. The van der Waals surface area contributed by atoms with E-state index in [2.05, 4.69) is 45.6 Å². The number of rotatable bonds is 1. The number of ketones is 2. The lowest BCUT2D eigenvalue weighted by molar-refractivity contribution is -0.214. The normalized spacial score (nSPS) is 46.3. The van der Waals surface area contributed by atoms with Crippen LogP contribution in [0, 0.1) is 61.6 Å². The van der Waals surface area contributed by atoms with E-state index in [9.17, 15) is 19.6 Å². The molecule has 5 aliphatic carbocycles. The van der Waals surface area contributed by atoms with Crippen molar-refractivity contribution in [1.82, 2.24) is 4.90 Å². The van der Waals surface area contributed by atoms with Gasteiger partial charge in [-0.1, -0.05) is 46.3 Å². The highest BCUT2D eigenvalue weighted by Crippen LogP contribution is 2.73. The Labute approximate surface area is 238 Å². The summed E-state index contributed by atoms with van der Waals surface area (Å²) in [5.41, 5.74) is 0.208. The molecule has 5 fully saturated rings. The topological polar surface area (TPSA) is 87.5 Å². The van der Waals surface area contributed by atoms with E-state index in [0.29, 0.717) is 12.3 Å². The number of likely N-dealkylation sites (tertiary alicyclic amines) is 1. The summed E-state index contributed by atoms with van der Waals surface area (Å²) < 4.78 is 5.48. The van der Waals surface area contributed by atoms with Gasteiger partial charge >= 0.3 is 0 Å². The lowest BCUT2D eigenvalue weighted by Gasteiger charge is -2.69. The molecule has 40 heavy (non-hydrogen) atoms. The van der Waals surface area contributed by atoms with Crippen molar-refractivity contribution in [3.8, 4) is 6.07 Å². The number of nitriles is 1. The van der Waals surface area contributed by atoms with E-state index < -0.39 is 10.8 Å². The van der Waals surface area contributed by atoms with Crippen LogP contribution in [0.1, 0.15) is 86.0 Å². The highest BCUT2D eigenvalue weighted by molar-refractivity contribution is 6.01. The van der Waals surface area contributed by atoms with E-state index in [1.54, 1.807) is 0 Å². The molecule has 0 N–H and O–H groups in total. The zero-order valence-corrected chi connectivity index (χ0v) is 24.9. The molecule has 2 saturated heterocycles. The van der Waals surface area contributed by atoms with Gasteiger partial charge in [0.1, 0.15) is 6.07 Å². The molecule has 3 saturated carbocycles. The number of amides is 1. The second-order valence-corrected chi connectivity index (χ2v) is 16.3. The van der Waals surface area contributed by atoms with Crippen molar-refractivity contribution in [2.24, 2.45) is 50.2 Å². The second-order valence-electron chi connectivity index (χ2n) is 16.3. The predicted octanol–water partition coefficient (Wildman–Crippen LogP) is 5.43. The quantitative estimate of drug-likeness (QED) is 0.439. The van der Waals surface area contributed by atoms with E-state index in [1.165, 1.54) is 0 Å². The Morgan fingerprint density at radius 2 is 1.73 bits per heavy atom. The molecule has 7 atom stereocenters. The average molecular weight is 545 g/mol. The van der Waals surface area contributed by atoms with Crippen molar-refractivity contribution in [3.05, 3.63) is 23.3 Å². The van der Waals surface area contributed by atoms with Crippen LogP contribution in [0.3, 0.4) is 0 Å². The van der Waals surface area contributed by atoms with Gasteiger partial charge in [-0.2, -0.15) is 5.26 Å². The SMILES string of the molecule is CC1(C)CC[C@]2(C(=O)N3CC4(COC4)C3)CCC3(C)C(C(=O)C=C4C5(C)C=C(C#N)C(=O)CC5CCC43C)C2C1. The molecular formula is C34H44N2O4.